The van der Waals surface area contributed by atoms with Gasteiger partial charge in [-0.25, -0.2) is 5.06 Å². The number of nitrogens with zero attached hydrogens (tertiary/aromatic N) is 2. The van der Waals surface area contributed by atoms with Gasteiger partial charge in [-0.2, -0.15) is 0 Å². The Morgan fingerprint density at radius 2 is 1.44 bits per heavy atom. The van der Waals surface area contributed by atoms with Crippen molar-refractivity contribution < 1.29 is 9.63 Å². The number of amides is 1. The molecule has 0 fully saturated rings. The fraction of sp³-hybridized carbons (Fsp3) is 0.381. The Bertz CT molecular complexity index is 589. The fourth-order valence-corrected chi connectivity index (χ4v) is 2.95. The molecule has 1 unspecified atom stereocenters. The van der Waals surface area contributed by atoms with Crippen LogP contribution in [0.1, 0.15) is 30.9 Å². The van der Waals surface area contributed by atoms with Crippen molar-refractivity contribution in [3.8, 4) is 0 Å². The average molecular weight is 340 g/mol. The topological polar surface area (TPSA) is 32.8 Å². The summed E-state index contributed by atoms with van der Waals surface area (Å²) < 4.78 is 0. The molecule has 134 valence electrons. The van der Waals surface area contributed by atoms with Gasteiger partial charge in [0, 0.05) is 20.1 Å². The minimum atomic E-state index is -0.213. The summed E-state index contributed by atoms with van der Waals surface area (Å²) in [4.78, 5) is 20.2. The van der Waals surface area contributed by atoms with E-state index in [4.69, 9.17) is 4.84 Å². The zero-order valence-electron chi connectivity index (χ0n) is 15.4. The molecule has 0 saturated carbocycles. The van der Waals surface area contributed by atoms with Crippen molar-refractivity contribution in [3.05, 3.63) is 71.8 Å². The number of benzene rings is 2. The highest BCUT2D eigenvalue weighted by molar-refractivity contribution is 5.80. The highest BCUT2D eigenvalue weighted by atomic mass is 16.7. The molecule has 0 bridgehead atoms. The quantitative estimate of drug-likeness (QED) is 0.650. The van der Waals surface area contributed by atoms with E-state index < -0.39 is 0 Å². The lowest BCUT2D eigenvalue weighted by Gasteiger charge is -2.33. The first-order valence-electron chi connectivity index (χ1n) is 8.79. The van der Waals surface area contributed by atoms with Crippen LogP contribution in [0.2, 0.25) is 0 Å². The van der Waals surface area contributed by atoms with Crippen LogP contribution in [0.3, 0.4) is 0 Å². The SMILES string of the molecule is CCCC(C(=O)N(C)OC)N(Cc1ccccc1)Cc1ccccc1. The third kappa shape index (κ3) is 5.69. The molecule has 2 rings (SSSR count). The molecule has 2 aromatic rings. The highest BCUT2D eigenvalue weighted by Crippen LogP contribution is 2.18. The molecule has 0 spiro atoms. The first-order valence-corrected chi connectivity index (χ1v) is 8.79. The number of rotatable bonds is 9. The van der Waals surface area contributed by atoms with E-state index in [2.05, 4.69) is 36.1 Å². The van der Waals surface area contributed by atoms with Crippen molar-refractivity contribution in [2.24, 2.45) is 0 Å². The first kappa shape index (κ1) is 19.2. The van der Waals surface area contributed by atoms with Crippen LogP contribution < -0.4 is 0 Å². The standard InChI is InChI=1S/C21H28N2O2/c1-4-11-20(21(24)22(2)25-3)23(16-18-12-7-5-8-13-18)17-19-14-9-6-10-15-19/h5-10,12-15,20H,4,11,16-17H2,1-3H3. The molecule has 2 aromatic carbocycles. The molecule has 0 N–H and O–H groups in total. The maximum absolute atomic E-state index is 12.8. The van der Waals surface area contributed by atoms with Gasteiger partial charge in [0.05, 0.1) is 13.2 Å². The third-order valence-corrected chi connectivity index (χ3v) is 4.33. The van der Waals surface area contributed by atoms with Crippen molar-refractivity contribution >= 4 is 5.91 Å². The van der Waals surface area contributed by atoms with Gasteiger partial charge >= 0.3 is 0 Å². The molecule has 0 aromatic heterocycles. The van der Waals surface area contributed by atoms with Crippen molar-refractivity contribution in [2.45, 2.75) is 38.9 Å². The van der Waals surface area contributed by atoms with Gasteiger partial charge in [-0.15, -0.1) is 0 Å². The van der Waals surface area contributed by atoms with E-state index in [1.54, 1.807) is 7.05 Å². The van der Waals surface area contributed by atoms with Gasteiger partial charge in [-0.1, -0.05) is 74.0 Å². The zero-order valence-corrected chi connectivity index (χ0v) is 15.4. The lowest BCUT2D eigenvalue weighted by Crippen LogP contribution is -2.46. The summed E-state index contributed by atoms with van der Waals surface area (Å²) in [5.74, 6) is -0.00351. The van der Waals surface area contributed by atoms with E-state index in [9.17, 15) is 4.79 Å². The predicted molar refractivity (Wildman–Crippen MR) is 101 cm³/mol. The summed E-state index contributed by atoms with van der Waals surface area (Å²) in [6.07, 6.45) is 1.74. The van der Waals surface area contributed by atoms with E-state index in [1.165, 1.54) is 23.3 Å². The Hall–Kier alpha value is -2.17. The van der Waals surface area contributed by atoms with Crippen molar-refractivity contribution in [3.63, 3.8) is 0 Å². The summed E-state index contributed by atoms with van der Waals surface area (Å²) >= 11 is 0. The molecule has 0 heterocycles. The van der Waals surface area contributed by atoms with Crippen LogP contribution in [0.25, 0.3) is 0 Å². The molecule has 1 amide bonds. The molecule has 0 aliphatic rings. The number of hydrogen-bond acceptors (Lipinski definition) is 3. The Morgan fingerprint density at radius 1 is 0.960 bits per heavy atom. The third-order valence-electron chi connectivity index (χ3n) is 4.33. The van der Waals surface area contributed by atoms with Crippen molar-refractivity contribution in [1.29, 1.82) is 0 Å². The van der Waals surface area contributed by atoms with Crippen LogP contribution in [-0.2, 0) is 22.7 Å². The van der Waals surface area contributed by atoms with E-state index in [0.717, 1.165) is 25.9 Å². The van der Waals surface area contributed by atoms with Gasteiger partial charge in [-0.3, -0.25) is 14.5 Å². The van der Waals surface area contributed by atoms with Crippen LogP contribution in [0.4, 0.5) is 0 Å². The summed E-state index contributed by atoms with van der Waals surface area (Å²) in [6.45, 7) is 3.56. The maximum atomic E-state index is 12.8. The highest BCUT2D eigenvalue weighted by Gasteiger charge is 2.28. The van der Waals surface area contributed by atoms with Crippen LogP contribution in [0, 0.1) is 0 Å². The second-order valence-electron chi connectivity index (χ2n) is 6.20. The molecule has 0 saturated heterocycles. The van der Waals surface area contributed by atoms with Crippen LogP contribution >= 0.6 is 0 Å². The predicted octanol–water partition coefficient (Wildman–Crippen LogP) is 3.88. The van der Waals surface area contributed by atoms with Gasteiger partial charge in [0.2, 0.25) is 0 Å². The van der Waals surface area contributed by atoms with E-state index >= 15 is 0 Å². The van der Waals surface area contributed by atoms with Gasteiger partial charge < -0.3 is 0 Å². The largest absolute Gasteiger partial charge is 0.283 e. The lowest BCUT2D eigenvalue weighted by molar-refractivity contribution is -0.175. The minimum absolute atomic E-state index is 0.00351. The molecule has 4 nitrogen and oxygen atoms in total. The molecule has 0 aliphatic carbocycles. The molecule has 0 aliphatic heterocycles. The van der Waals surface area contributed by atoms with Gasteiger partial charge in [0.1, 0.15) is 0 Å². The number of carbonyl (C=O) groups is 1. The summed E-state index contributed by atoms with van der Waals surface area (Å²) in [6, 6.07) is 20.4. The smallest absolute Gasteiger partial charge is 0.263 e. The second kappa shape index (κ2) is 9.97. The number of likely N-dealkylation sites (N-methyl/N-ethyl adjacent to an activating group) is 1. The van der Waals surface area contributed by atoms with E-state index in [1.807, 2.05) is 36.4 Å². The van der Waals surface area contributed by atoms with Gasteiger partial charge in [0.15, 0.2) is 0 Å². The molecular formula is C21H28N2O2. The molecule has 4 heteroatoms. The summed E-state index contributed by atoms with van der Waals surface area (Å²) in [7, 11) is 3.20. The number of hydrogen-bond donors (Lipinski definition) is 0. The Labute approximate surface area is 151 Å². The number of carbonyl (C=O) groups excluding carboxylic acids is 1. The van der Waals surface area contributed by atoms with Crippen molar-refractivity contribution in [2.75, 3.05) is 14.2 Å². The normalized spacial score (nSPS) is 12.2. The Kier molecular flexibility index (Phi) is 7.64. The van der Waals surface area contributed by atoms with E-state index in [0.29, 0.717) is 0 Å². The van der Waals surface area contributed by atoms with Crippen molar-refractivity contribution in [1.82, 2.24) is 9.96 Å². The Morgan fingerprint density at radius 3 is 1.84 bits per heavy atom. The zero-order chi connectivity index (χ0) is 18.1. The van der Waals surface area contributed by atoms with Crippen LogP contribution in [0.5, 0.6) is 0 Å². The van der Waals surface area contributed by atoms with Gasteiger partial charge in [-0.05, 0) is 17.5 Å². The molecule has 0 radical (unpaired) electrons. The maximum Gasteiger partial charge on any atom is 0.263 e. The first-order chi connectivity index (χ1) is 12.2. The molecular weight excluding hydrogens is 312 g/mol. The van der Waals surface area contributed by atoms with Crippen LogP contribution in [0.15, 0.2) is 60.7 Å². The van der Waals surface area contributed by atoms with Crippen LogP contribution in [-0.4, -0.2) is 36.1 Å². The van der Waals surface area contributed by atoms with E-state index in [-0.39, 0.29) is 11.9 Å². The lowest BCUT2D eigenvalue weighted by atomic mass is 10.1. The monoisotopic (exact) mass is 340 g/mol. The fourth-order valence-electron chi connectivity index (χ4n) is 2.95. The summed E-state index contributed by atoms with van der Waals surface area (Å²) in [5, 5.41) is 1.34. The number of hydroxylamine groups is 2. The Balaban J connectivity index is 2.27. The second-order valence-corrected chi connectivity index (χ2v) is 6.20. The molecule has 1 atom stereocenters. The molecule has 25 heavy (non-hydrogen) atoms. The van der Waals surface area contributed by atoms with Gasteiger partial charge in [0.25, 0.3) is 5.91 Å². The average Bonchev–Trinajstić information content (AvgIpc) is 2.66. The minimum Gasteiger partial charge on any atom is -0.283 e. The summed E-state index contributed by atoms with van der Waals surface area (Å²) in [5.41, 5.74) is 2.40.